The Morgan fingerprint density at radius 1 is 0.579 bits per heavy atom. The molecule has 4 nitrogen and oxygen atoms in total. The third kappa shape index (κ3) is 23.4. The lowest BCUT2D eigenvalue weighted by molar-refractivity contribution is 0.525. The first-order chi connectivity index (χ1) is 9.22. The van der Waals surface area contributed by atoms with Gasteiger partial charge >= 0.3 is 0 Å². The molecule has 0 bridgehead atoms. The second kappa shape index (κ2) is 20.2. The molecule has 19 heavy (non-hydrogen) atoms. The lowest BCUT2D eigenvalue weighted by atomic mass is 10.1. The summed E-state index contributed by atoms with van der Waals surface area (Å²) in [5.74, 6) is 0.651. The minimum atomic E-state index is 0.651. The monoisotopic (exact) mass is 274 g/mol. The highest BCUT2D eigenvalue weighted by Crippen LogP contribution is 2.05. The van der Waals surface area contributed by atoms with Gasteiger partial charge in [0, 0.05) is 0 Å². The topological polar surface area (TPSA) is 104 Å². The van der Waals surface area contributed by atoms with Crippen LogP contribution in [0.15, 0.2) is 0 Å². The van der Waals surface area contributed by atoms with E-state index in [9.17, 15) is 0 Å². The first-order valence-electron chi connectivity index (χ1n) is 8.03. The van der Waals surface area contributed by atoms with E-state index in [2.05, 4.69) is 6.92 Å². The van der Waals surface area contributed by atoms with E-state index in [0.29, 0.717) is 5.92 Å². The Morgan fingerprint density at radius 2 is 0.947 bits per heavy atom. The van der Waals surface area contributed by atoms with Crippen LogP contribution in [0.5, 0.6) is 0 Å². The van der Waals surface area contributed by atoms with E-state index in [1.54, 1.807) is 0 Å². The Kier molecular flexibility index (Phi) is 22.4. The van der Waals surface area contributed by atoms with E-state index in [1.807, 2.05) is 0 Å². The predicted octanol–water partition coefficient (Wildman–Crippen LogP) is 1.95. The Morgan fingerprint density at radius 3 is 1.26 bits per heavy atom. The average molecular weight is 274 g/mol. The molecule has 0 radical (unpaired) electrons. The van der Waals surface area contributed by atoms with Crippen molar-refractivity contribution < 1.29 is 0 Å². The maximum absolute atomic E-state index is 5.37. The van der Waals surface area contributed by atoms with Crippen molar-refractivity contribution >= 4 is 0 Å². The Hall–Kier alpha value is -0.160. The van der Waals surface area contributed by atoms with Crippen LogP contribution >= 0.6 is 0 Å². The molecule has 0 aliphatic rings. The highest BCUT2D eigenvalue weighted by Gasteiger charge is 1.95. The third-order valence-electron chi connectivity index (χ3n) is 3.21. The fraction of sp³-hybridized carbons (Fsp3) is 1.00. The van der Waals surface area contributed by atoms with Gasteiger partial charge in [0.2, 0.25) is 0 Å². The minimum absolute atomic E-state index is 0.651. The van der Waals surface area contributed by atoms with Crippen molar-refractivity contribution in [2.45, 2.75) is 64.7 Å². The van der Waals surface area contributed by atoms with Crippen molar-refractivity contribution in [1.82, 2.24) is 0 Å². The molecule has 0 aromatic rings. The van der Waals surface area contributed by atoms with Crippen LogP contribution in [0.4, 0.5) is 0 Å². The zero-order valence-corrected chi connectivity index (χ0v) is 13.1. The minimum Gasteiger partial charge on any atom is -0.330 e. The van der Waals surface area contributed by atoms with Crippen LogP contribution in [-0.4, -0.2) is 26.2 Å². The molecule has 0 aliphatic heterocycles. The van der Waals surface area contributed by atoms with Gasteiger partial charge in [0.05, 0.1) is 0 Å². The zero-order valence-electron chi connectivity index (χ0n) is 13.1. The molecule has 0 amide bonds. The zero-order chi connectivity index (χ0) is 14.8. The summed E-state index contributed by atoms with van der Waals surface area (Å²) < 4.78 is 0. The quantitative estimate of drug-likeness (QED) is 0.408. The van der Waals surface area contributed by atoms with Crippen LogP contribution < -0.4 is 22.9 Å². The molecule has 0 heterocycles. The van der Waals surface area contributed by atoms with Gasteiger partial charge < -0.3 is 22.9 Å². The Labute approximate surface area is 120 Å². The number of rotatable bonds is 12. The van der Waals surface area contributed by atoms with Crippen LogP contribution in [-0.2, 0) is 0 Å². The standard InChI is InChI=1S/C9H22N2.C6H16N2/c10-8-6-4-2-1-3-5-7-9-11;1-6(5-8)3-2-4-7/h1-11H2;6H,2-5,7-8H2,1H3. The fourth-order valence-corrected chi connectivity index (χ4v) is 1.76. The molecule has 4 heteroatoms. The van der Waals surface area contributed by atoms with Crippen LogP contribution in [0.3, 0.4) is 0 Å². The normalized spacial score (nSPS) is 11.8. The molecule has 1 atom stereocenters. The molecule has 0 saturated heterocycles. The van der Waals surface area contributed by atoms with Gasteiger partial charge in [0.15, 0.2) is 0 Å². The highest BCUT2D eigenvalue weighted by atomic mass is 14.5. The maximum atomic E-state index is 5.37. The molecule has 0 rings (SSSR count). The van der Waals surface area contributed by atoms with Crippen molar-refractivity contribution in [3.05, 3.63) is 0 Å². The van der Waals surface area contributed by atoms with E-state index < -0.39 is 0 Å². The molecular formula is C15H38N4. The molecule has 0 aromatic heterocycles. The number of hydrogen-bond donors (Lipinski definition) is 4. The average Bonchev–Trinajstić information content (AvgIpc) is 2.44. The summed E-state index contributed by atoms with van der Waals surface area (Å²) >= 11 is 0. The molecule has 0 aliphatic carbocycles. The van der Waals surface area contributed by atoms with Crippen molar-refractivity contribution in [3.8, 4) is 0 Å². The van der Waals surface area contributed by atoms with E-state index in [1.165, 1.54) is 51.4 Å². The number of unbranched alkanes of at least 4 members (excludes halogenated alkanes) is 6. The van der Waals surface area contributed by atoms with Gasteiger partial charge in [-0.05, 0) is 57.8 Å². The summed E-state index contributed by atoms with van der Waals surface area (Å²) in [4.78, 5) is 0. The Balaban J connectivity index is 0. The Bertz CT molecular complexity index is 134. The van der Waals surface area contributed by atoms with Gasteiger partial charge in [-0.3, -0.25) is 0 Å². The summed E-state index contributed by atoms with van der Waals surface area (Å²) in [5, 5.41) is 0. The van der Waals surface area contributed by atoms with Gasteiger partial charge in [-0.2, -0.15) is 0 Å². The summed E-state index contributed by atoms with van der Waals surface area (Å²) in [6.07, 6.45) is 11.3. The largest absolute Gasteiger partial charge is 0.330 e. The van der Waals surface area contributed by atoms with E-state index in [0.717, 1.165) is 32.6 Å². The van der Waals surface area contributed by atoms with Crippen molar-refractivity contribution in [3.63, 3.8) is 0 Å². The fourth-order valence-electron chi connectivity index (χ4n) is 1.76. The predicted molar refractivity (Wildman–Crippen MR) is 86.9 cm³/mol. The summed E-state index contributed by atoms with van der Waals surface area (Å²) in [6.45, 7) is 5.44. The molecule has 0 aromatic carbocycles. The molecule has 0 fully saturated rings. The van der Waals surface area contributed by atoms with Crippen LogP contribution in [0, 0.1) is 5.92 Å². The van der Waals surface area contributed by atoms with E-state index >= 15 is 0 Å². The van der Waals surface area contributed by atoms with Crippen molar-refractivity contribution in [2.75, 3.05) is 26.2 Å². The second-order valence-corrected chi connectivity index (χ2v) is 5.32. The lowest BCUT2D eigenvalue weighted by Crippen LogP contribution is -2.12. The SMILES string of the molecule is CC(CN)CCCN.NCCCCCCCCCN. The van der Waals surface area contributed by atoms with E-state index in [4.69, 9.17) is 22.9 Å². The van der Waals surface area contributed by atoms with E-state index in [-0.39, 0.29) is 0 Å². The summed E-state index contributed by atoms with van der Waals surface area (Å²) in [7, 11) is 0. The molecule has 0 saturated carbocycles. The third-order valence-corrected chi connectivity index (χ3v) is 3.21. The van der Waals surface area contributed by atoms with Gasteiger partial charge in [-0.1, -0.05) is 39.0 Å². The molecule has 1 unspecified atom stereocenters. The van der Waals surface area contributed by atoms with Crippen molar-refractivity contribution in [1.29, 1.82) is 0 Å². The number of hydrogen-bond acceptors (Lipinski definition) is 4. The first-order valence-corrected chi connectivity index (χ1v) is 8.03. The van der Waals surface area contributed by atoms with Crippen molar-refractivity contribution in [2.24, 2.45) is 28.9 Å². The lowest BCUT2D eigenvalue weighted by Gasteiger charge is -2.04. The summed E-state index contributed by atoms with van der Waals surface area (Å²) in [5.41, 5.74) is 21.4. The van der Waals surface area contributed by atoms with Crippen LogP contribution in [0.2, 0.25) is 0 Å². The molecule has 118 valence electrons. The molecular weight excluding hydrogens is 236 g/mol. The van der Waals surface area contributed by atoms with Gasteiger partial charge in [-0.25, -0.2) is 0 Å². The molecule has 8 N–H and O–H groups in total. The highest BCUT2D eigenvalue weighted by molar-refractivity contribution is 4.52. The smallest absolute Gasteiger partial charge is 0.00515 e. The van der Waals surface area contributed by atoms with Gasteiger partial charge in [0.1, 0.15) is 0 Å². The summed E-state index contributed by atoms with van der Waals surface area (Å²) in [6, 6.07) is 0. The number of nitrogens with two attached hydrogens (primary N) is 4. The first kappa shape index (κ1) is 21.1. The maximum Gasteiger partial charge on any atom is -0.00515 e. The second-order valence-electron chi connectivity index (χ2n) is 5.32. The van der Waals surface area contributed by atoms with Gasteiger partial charge in [-0.15, -0.1) is 0 Å². The van der Waals surface area contributed by atoms with Gasteiger partial charge in [0.25, 0.3) is 0 Å². The van der Waals surface area contributed by atoms with Crippen LogP contribution in [0.1, 0.15) is 64.7 Å². The molecule has 0 spiro atoms. The van der Waals surface area contributed by atoms with Crippen LogP contribution in [0.25, 0.3) is 0 Å².